The first-order chi connectivity index (χ1) is 9.49. The minimum Gasteiger partial charge on any atom is -0.480 e. The van der Waals surface area contributed by atoms with Crippen LogP contribution in [0.5, 0.6) is 0 Å². The molecule has 0 spiro atoms. The van der Waals surface area contributed by atoms with Gasteiger partial charge in [0.1, 0.15) is 11.6 Å². The van der Waals surface area contributed by atoms with Gasteiger partial charge in [0.15, 0.2) is 6.04 Å². The second kappa shape index (κ2) is 5.86. The number of rotatable bonds is 5. The summed E-state index contributed by atoms with van der Waals surface area (Å²) in [4.78, 5) is 15.9. The first-order valence-electron chi connectivity index (χ1n) is 6.68. The van der Waals surface area contributed by atoms with Gasteiger partial charge in [-0.2, -0.15) is 5.10 Å². The summed E-state index contributed by atoms with van der Waals surface area (Å²) in [5, 5.41) is 13.8. The van der Waals surface area contributed by atoms with Crippen LogP contribution in [-0.4, -0.2) is 25.8 Å². The van der Waals surface area contributed by atoms with Crippen molar-refractivity contribution in [3.05, 3.63) is 47.5 Å². The molecule has 1 atom stereocenters. The topological polar surface area (TPSA) is 68.0 Å². The molecule has 0 saturated heterocycles. The zero-order chi connectivity index (χ0) is 14.7. The van der Waals surface area contributed by atoms with Crippen LogP contribution in [0.3, 0.4) is 0 Å². The lowest BCUT2D eigenvalue weighted by Crippen LogP contribution is -2.25. The second-order valence-electron chi connectivity index (χ2n) is 5.16. The molecule has 0 aliphatic heterocycles. The van der Waals surface area contributed by atoms with Crippen molar-refractivity contribution < 1.29 is 9.90 Å². The van der Waals surface area contributed by atoms with Crippen molar-refractivity contribution >= 4 is 5.97 Å². The molecule has 0 saturated carbocycles. The summed E-state index contributed by atoms with van der Waals surface area (Å²) in [6, 6.07) is 8.85. The molecular weight excluding hydrogens is 254 g/mol. The fourth-order valence-corrected chi connectivity index (χ4v) is 2.19. The summed E-state index contributed by atoms with van der Waals surface area (Å²) in [6.07, 6.45) is 0.401. The summed E-state index contributed by atoms with van der Waals surface area (Å²) in [5.41, 5.74) is 0.975. The number of aliphatic carboxylic acids is 1. The summed E-state index contributed by atoms with van der Waals surface area (Å²) < 4.78 is 1.55. The zero-order valence-corrected chi connectivity index (χ0v) is 11.9. The van der Waals surface area contributed by atoms with E-state index in [4.69, 9.17) is 0 Å². The third kappa shape index (κ3) is 3.04. The molecule has 106 valence electrons. The van der Waals surface area contributed by atoms with Crippen LogP contribution in [0.25, 0.3) is 0 Å². The van der Waals surface area contributed by atoms with E-state index >= 15 is 0 Å². The quantitative estimate of drug-likeness (QED) is 0.909. The number of benzene rings is 1. The van der Waals surface area contributed by atoms with Crippen molar-refractivity contribution in [2.45, 2.75) is 39.2 Å². The number of nitrogens with zero attached hydrogens (tertiary/aromatic N) is 3. The van der Waals surface area contributed by atoms with E-state index in [-0.39, 0.29) is 5.92 Å². The van der Waals surface area contributed by atoms with Gasteiger partial charge in [-0.25, -0.2) is 14.5 Å². The van der Waals surface area contributed by atoms with Gasteiger partial charge in [-0.05, 0) is 12.5 Å². The number of carboxylic acids is 1. The van der Waals surface area contributed by atoms with E-state index in [1.165, 1.54) is 0 Å². The van der Waals surface area contributed by atoms with E-state index in [0.717, 1.165) is 5.56 Å². The van der Waals surface area contributed by atoms with E-state index in [2.05, 4.69) is 10.1 Å². The fraction of sp³-hybridized carbons (Fsp3) is 0.400. The van der Waals surface area contributed by atoms with Crippen LogP contribution in [0.15, 0.2) is 30.3 Å². The van der Waals surface area contributed by atoms with Crippen LogP contribution in [0, 0.1) is 6.92 Å². The van der Waals surface area contributed by atoms with Crippen LogP contribution >= 0.6 is 0 Å². The average Bonchev–Trinajstić information content (AvgIpc) is 2.79. The van der Waals surface area contributed by atoms with Crippen molar-refractivity contribution in [2.75, 3.05) is 0 Å². The van der Waals surface area contributed by atoms with Crippen LogP contribution in [0.1, 0.15) is 43.0 Å². The number of aryl methyl sites for hydroxylation is 1. The lowest BCUT2D eigenvalue weighted by molar-refractivity contribution is -0.141. The Bertz CT molecular complexity index is 590. The number of carbonyl (C=O) groups is 1. The molecule has 0 radical (unpaired) electrons. The van der Waals surface area contributed by atoms with Crippen LogP contribution < -0.4 is 0 Å². The Hall–Kier alpha value is -2.17. The highest BCUT2D eigenvalue weighted by molar-refractivity contribution is 5.72. The van der Waals surface area contributed by atoms with Gasteiger partial charge >= 0.3 is 5.97 Å². The van der Waals surface area contributed by atoms with Gasteiger partial charge in [0, 0.05) is 12.3 Å². The maximum Gasteiger partial charge on any atom is 0.328 e. The lowest BCUT2D eigenvalue weighted by Gasteiger charge is -2.16. The summed E-state index contributed by atoms with van der Waals surface area (Å²) in [6.45, 7) is 5.76. The predicted octanol–water partition coefficient (Wildman–Crippen LogP) is 2.58. The molecule has 1 unspecified atom stereocenters. The SMILES string of the molecule is Cc1nc(C(C)C)n(C(Cc2ccccc2)C(=O)O)n1. The number of carboxylic acid groups (broad SMARTS) is 1. The molecule has 0 fully saturated rings. The first-order valence-corrected chi connectivity index (χ1v) is 6.68. The minimum absolute atomic E-state index is 0.133. The second-order valence-corrected chi connectivity index (χ2v) is 5.16. The predicted molar refractivity (Wildman–Crippen MR) is 75.7 cm³/mol. The molecule has 5 heteroatoms. The molecule has 1 aromatic carbocycles. The third-order valence-electron chi connectivity index (χ3n) is 3.13. The summed E-state index contributed by atoms with van der Waals surface area (Å²) >= 11 is 0. The molecule has 5 nitrogen and oxygen atoms in total. The highest BCUT2D eigenvalue weighted by atomic mass is 16.4. The lowest BCUT2D eigenvalue weighted by atomic mass is 10.1. The number of hydrogen-bond donors (Lipinski definition) is 1. The molecule has 1 aromatic heterocycles. The molecule has 0 amide bonds. The molecule has 20 heavy (non-hydrogen) atoms. The van der Waals surface area contributed by atoms with E-state index < -0.39 is 12.0 Å². The van der Waals surface area contributed by atoms with E-state index in [1.54, 1.807) is 11.6 Å². The standard InChI is InChI=1S/C15H19N3O2/c1-10(2)14-16-11(3)17-18(14)13(15(19)20)9-12-7-5-4-6-8-12/h4-8,10,13H,9H2,1-3H3,(H,19,20). The Morgan fingerprint density at radius 3 is 2.50 bits per heavy atom. The first kappa shape index (κ1) is 14.2. The Balaban J connectivity index is 2.37. The zero-order valence-electron chi connectivity index (χ0n) is 11.9. The average molecular weight is 273 g/mol. The minimum atomic E-state index is -0.888. The van der Waals surface area contributed by atoms with Gasteiger partial charge in [-0.3, -0.25) is 0 Å². The maximum atomic E-state index is 11.6. The fourth-order valence-electron chi connectivity index (χ4n) is 2.19. The van der Waals surface area contributed by atoms with Crippen molar-refractivity contribution in [1.82, 2.24) is 14.8 Å². The van der Waals surface area contributed by atoms with Crippen molar-refractivity contribution in [3.8, 4) is 0 Å². The van der Waals surface area contributed by atoms with Crippen LogP contribution in [0.4, 0.5) is 0 Å². The van der Waals surface area contributed by atoms with Crippen LogP contribution in [0.2, 0.25) is 0 Å². The molecular formula is C15H19N3O2. The van der Waals surface area contributed by atoms with Gasteiger partial charge in [0.25, 0.3) is 0 Å². The normalized spacial score (nSPS) is 12.6. The van der Waals surface area contributed by atoms with Crippen molar-refractivity contribution in [3.63, 3.8) is 0 Å². The molecule has 0 aliphatic carbocycles. The number of hydrogen-bond acceptors (Lipinski definition) is 3. The monoisotopic (exact) mass is 273 g/mol. The van der Waals surface area contributed by atoms with Crippen molar-refractivity contribution in [1.29, 1.82) is 0 Å². The maximum absolute atomic E-state index is 11.6. The summed E-state index contributed by atoms with van der Waals surface area (Å²) in [7, 11) is 0. The Labute approximate surface area is 118 Å². The highest BCUT2D eigenvalue weighted by Crippen LogP contribution is 2.20. The van der Waals surface area contributed by atoms with Gasteiger partial charge in [-0.1, -0.05) is 44.2 Å². The van der Waals surface area contributed by atoms with Crippen LogP contribution in [-0.2, 0) is 11.2 Å². The molecule has 2 rings (SSSR count). The molecule has 0 bridgehead atoms. The summed E-state index contributed by atoms with van der Waals surface area (Å²) in [5.74, 6) is 0.563. The Morgan fingerprint density at radius 2 is 1.95 bits per heavy atom. The Kier molecular flexibility index (Phi) is 4.17. The Morgan fingerprint density at radius 1 is 1.30 bits per heavy atom. The third-order valence-corrected chi connectivity index (χ3v) is 3.13. The molecule has 1 heterocycles. The van der Waals surface area contributed by atoms with E-state index in [1.807, 2.05) is 44.2 Å². The van der Waals surface area contributed by atoms with Gasteiger partial charge in [0.2, 0.25) is 0 Å². The highest BCUT2D eigenvalue weighted by Gasteiger charge is 2.25. The molecule has 2 aromatic rings. The molecule has 1 N–H and O–H groups in total. The largest absolute Gasteiger partial charge is 0.480 e. The van der Waals surface area contributed by atoms with Gasteiger partial charge in [-0.15, -0.1) is 0 Å². The smallest absolute Gasteiger partial charge is 0.328 e. The molecule has 0 aliphatic rings. The van der Waals surface area contributed by atoms with Gasteiger partial charge < -0.3 is 5.11 Å². The van der Waals surface area contributed by atoms with Gasteiger partial charge in [0.05, 0.1) is 0 Å². The van der Waals surface area contributed by atoms with E-state index in [0.29, 0.717) is 18.1 Å². The number of aromatic nitrogens is 3. The van der Waals surface area contributed by atoms with Crippen molar-refractivity contribution in [2.24, 2.45) is 0 Å². The van der Waals surface area contributed by atoms with E-state index in [9.17, 15) is 9.90 Å².